The highest BCUT2D eigenvalue weighted by Gasteiger charge is 2.41. The van der Waals surface area contributed by atoms with Crippen molar-refractivity contribution in [3.05, 3.63) is 16.7 Å². The quantitative estimate of drug-likeness (QED) is 0.624. The third-order valence-electron chi connectivity index (χ3n) is 4.93. The molecule has 2 aromatic heterocycles. The van der Waals surface area contributed by atoms with Crippen LogP contribution in [0.3, 0.4) is 0 Å². The number of H-pyrrole nitrogens is 1. The number of aromatic amines is 1. The van der Waals surface area contributed by atoms with Crippen molar-refractivity contribution < 1.29 is 19.4 Å². The summed E-state index contributed by atoms with van der Waals surface area (Å²) >= 11 is 0. The van der Waals surface area contributed by atoms with Crippen LogP contribution in [0.1, 0.15) is 39.8 Å². The lowest BCUT2D eigenvalue weighted by Crippen LogP contribution is -2.36. The Labute approximate surface area is 148 Å². The normalized spacial score (nSPS) is 23.5. The molecule has 0 bridgehead atoms. The Morgan fingerprint density at radius 1 is 1.50 bits per heavy atom. The summed E-state index contributed by atoms with van der Waals surface area (Å²) in [5, 5.41) is 10.3. The zero-order valence-electron chi connectivity index (χ0n) is 14.7. The summed E-state index contributed by atoms with van der Waals surface area (Å²) in [7, 11) is 0. The Morgan fingerprint density at radius 3 is 2.85 bits per heavy atom. The molecule has 3 rings (SSSR count). The number of aliphatic hydroxyl groups excluding tert-OH is 1. The molecule has 0 aliphatic carbocycles. The maximum atomic E-state index is 12.4. The highest BCUT2D eigenvalue weighted by molar-refractivity contribution is 6.05. The number of hydrogen-bond donors (Lipinski definition) is 3. The Hall–Kier alpha value is -2.59. The molecule has 0 unspecified atom stereocenters. The van der Waals surface area contributed by atoms with Gasteiger partial charge in [-0.15, -0.1) is 0 Å². The lowest BCUT2D eigenvalue weighted by Gasteiger charge is -2.22. The van der Waals surface area contributed by atoms with Crippen molar-refractivity contribution in [1.29, 1.82) is 0 Å². The summed E-state index contributed by atoms with van der Waals surface area (Å²) < 4.78 is 7.30. The largest absolute Gasteiger partial charge is 0.390 e. The molecule has 140 valence electrons. The van der Waals surface area contributed by atoms with Crippen LogP contribution in [0.2, 0.25) is 0 Å². The first kappa shape index (κ1) is 18.2. The fraction of sp³-hybridized carbons (Fsp3) is 0.562. The summed E-state index contributed by atoms with van der Waals surface area (Å²) in [4.78, 5) is 46.3. The minimum atomic E-state index is -1.13. The van der Waals surface area contributed by atoms with E-state index in [0.717, 1.165) is 0 Å². The van der Waals surface area contributed by atoms with Gasteiger partial charge >= 0.3 is 0 Å². The number of imidazole rings is 1. The highest BCUT2D eigenvalue weighted by atomic mass is 16.5. The molecule has 26 heavy (non-hydrogen) atoms. The van der Waals surface area contributed by atoms with Crippen molar-refractivity contribution in [2.75, 3.05) is 5.73 Å². The molecule has 0 aromatic carbocycles. The van der Waals surface area contributed by atoms with Crippen LogP contribution in [0.15, 0.2) is 11.1 Å². The SMILES string of the molecule is CC(=O)C(C)(C)C(=O)C[C@H]1O[C@@H](n2cnc3c(=O)[nH]c(N)nc32)C[C@@H]1O. The number of anilines is 1. The van der Waals surface area contributed by atoms with Gasteiger partial charge in [0.05, 0.1) is 24.0 Å². The van der Waals surface area contributed by atoms with E-state index in [9.17, 15) is 19.5 Å². The van der Waals surface area contributed by atoms with Crippen molar-refractivity contribution in [2.45, 2.75) is 52.0 Å². The molecule has 1 aliphatic heterocycles. The minimum Gasteiger partial charge on any atom is -0.390 e. The number of ketones is 2. The van der Waals surface area contributed by atoms with Crippen LogP contribution in [0.4, 0.5) is 5.95 Å². The number of Topliss-reactive ketones (excluding diaryl/α,β-unsaturated/α-hetero) is 2. The van der Waals surface area contributed by atoms with Gasteiger partial charge in [-0.05, 0) is 20.8 Å². The summed E-state index contributed by atoms with van der Waals surface area (Å²) in [6, 6.07) is 0. The smallest absolute Gasteiger partial charge is 0.280 e. The van der Waals surface area contributed by atoms with E-state index in [1.807, 2.05) is 0 Å². The molecule has 0 radical (unpaired) electrons. The number of nitrogens with one attached hydrogen (secondary N) is 1. The van der Waals surface area contributed by atoms with Crippen LogP contribution in [0, 0.1) is 5.41 Å². The number of rotatable bonds is 5. The summed E-state index contributed by atoms with van der Waals surface area (Å²) in [6.45, 7) is 4.47. The van der Waals surface area contributed by atoms with Gasteiger partial charge in [0.25, 0.3) is 5.56 Å². The highest BCUT2D eigenvalue weighted by Crippen LogP contribution is 2.33. The van der Waals surface area contributed by atoms with Gasteiger partial charge in [-0.2, -0.15) is 4.98 Å². The molecule has 10 nitrogen and oxygen atoms in total. The third-order valence-corrected chi connectivity index (χ3v) is 4.93. The first-order chi connectivity index (χ1) is 12.1. The van der Waals surface area contributed by atoms with Gasteiger partial charge in [-0.3, -0.25) is 23.9 Å². The number of aromatic nitrogens is 4. The second-order valence-corrected chi connectivity index (χ2v) is 7.02. The van der Waals surface area contributed by atoms with Crippen molar-refractivity contribution in [2.24, 2.45) is 5.41 Å². The molecule has 0 amide bonds. The maximum Gasteiger partial charge on any atom is 0.280 e. The van der Waals surface area contributed by atoms with Crippen LogP contribution in [-0.2, 0) is 14.3 Å². The number of nitrogens with zero attached hydrogens (tertiary/aromatic N) is 3. The summed E-state index contributed by atoms with van der Waals surface area (Å²) in [5.74, 6) is -0.604. The van der Waals surface area contributed by atoms with Crippen LogP contribution >= 0.6 is 0 Å². The Kier molecular flexibility index (Phi) is 4.41. The topological polar surface area (TPSA) is 153 Å². The van der Waals surface area contributed by atoms with Crippen LogP contribution in [-0.4, -0.2) is 48.4 Å². The first-order valence-electron chi connectivity index (χ1n) is 8.21. The number of carbonyl (C=O) groups is 2. The van der Waals surface area contributed by atoms with Gasteiger partial charge in [-0.25, -0.2) is 4.98 Å². The monoisotopic (exact) mass is 363 g/mol. The number of nitrogens with two attached hydrogens (primary N) is 1. The van der Waals surface area contributed by atoms with Crippen LogP contribution in [0.5, 0.6) is 0 Å². The van der Waals surface area contributed by atoms with E-state index in [4.69, 9.17) is 10.5 Å². The molecule has 0 spiro atoms. The van der Waals surface area contributed by atoms with Crippen molar-refractivity contribution in [3.63, 3.8) is 0 Å². The predicted octanol–water partition coefficient (Wildman–Crippen LogP) is -0.0754. The van der Waals surface area contributed by atoms with E-state index in [1.165, 1.54) is 17.8 Å². The van der Waals surface area contributed by atoms with Gasteiger partial charge in [-0.1, -0.05) is 0 Å². The van der Waals surface area contributed by atoms with Gasteiger partial charge in [0.1, 0.15) is 17.8 Å². The first-order valence-corrected chi connectivity index (χ1v) is 8.21. The average Bonchev–Trinajstić information content (AvgIpc) is 3.11. The van der Waals surface area contributed by atoms with E-state index in [2.05, 4.69) is 15.0 Å². The molecule has 2 aromatic rings. The molecule has 1 saturated heterocycles. The number of carbonyl (C=O) groups excluding carboxylic acids is 2. The Bertz CT molecular complexity index is 931. The number of nitrogen functional groups attached to an aromatic ring is 1. The molecular weight excluding hydrogens is 342 g/mol. The average molecular weight is 363 g/mol. The van der Waals surface area contributed by atoms with Gasteiger partial charge in [0.2, 0.25) is 5.95 Å². The minimum absolute atomic E-state index is 0.0577. The second-order valence-electron chi connectivity index (χ2n) is 7.02. The van der Waals surface area contributed by atoms with Gasteiger partial charge in [0.15, 0.2) is 11.2 Å². The standard InChI is InChI=1S/C16H21N5O5/c1-7(22)16(2,3)10(24)5-9-8(23)4-11(26-9)21-6-18-12-13(21)19-15(17)20-14(12)25/h6,8-9,11,23H,4-5H2,1-3H3,(H3,17,19,20,25)/t8-,9+,11+/m0/s1. The predicted molar refractivity (Wildman–Crippen MR) is 91.2 cm³/mol. The van der Waals surface area contributed by atoms with E-state index in [1.54, 1.807) is 13.8 Å². The van der Waals surface area contributed by atoms with Crippen LogP contribution < -0.4 is 11.3 Å². The van der Waals surface area contributed by atoms with E-state index in [0.29, 0.717) is 0 Å². The molecule has 1 aliphatic rings. The number of ether oxygens (including phenoxy) is 1. The summed E-state index contributed by atoms with van der Waals surface area (Å²) in [6.07, 6.45) is -0.827. The fourth-order valence-electron chi connectivity index (χ4n) is 2.86. The summed E-state index contributed by atoms with van der Waals surface area (Å²) in [5.41, 5.74) is 4.31. The third kappa shape index (κ3) is 3.01. The Balaban J connectivity index is 1.82. The molecule has 4 N–H and O–H groups in total. The number of hydrogen-bond acceptors (Lipinski definition) is 8. The fourth-order valence-corrected chi connectivity index (χ4v) is 2.86. The zero-order chi connectivity index (χ0) is 19.2. The maximum absolute atomic E-state index is 12.4. The lowest BCUT2D eigenvalue weighted by atomic mass is 9.81. The second kappa shape index (κ2) is 6.29. The van der Waals surface area contributed by atoms with Gasteiger partial charge < -0.3 is 15.6 Å². The molecular formula is C16H21N5O5. The molecule has 1 fully saturated rings. The van der Waals surface area contributed by atoms with Gasteiger partial charge in [0, 0.05) is 12.8 Å². The zero-order valence-corrected chi connectivity index (χ0v) is 14.7. The van der Waals surface area contributed by atoms with Crippen LogP contribution in [0.25, 0.3) is 11.2 Å². The van der Waals surface area contributed by atoms with E-state index >= 15 is 0 Å². The molecule has 3 heterocycles. The number of fused-ring (bicyclic) bond motifs is 1. The molecule has 10 heteroatoms. The van der Waals surface area contributed by atoms with E-state index < -0.39 is 29.4 Å². The molecule has 3 atom stereocenters. The van der Waals surface area contributed by atoms with E-state index in [-0.39, 0.29) is 41.5 Å². The number of aliphatic hydroxyl groups is 1. The lowest BCUT2D eigenvalue weighted by molar-refractivity contribution is -0.140. The van der Waals surface area contributed by atoms with Crippen molar-refractivity contribution >= 4 is 28.7 Å². The van der Waals surface area contributed by atoms with Crippen molar-refractivity contribution in [3.8, 4) is 0 Å². The Morgan fingerprint density at radius 2 is 2.19 bits per heavy atom. The van der Waals surface area contributed by atoms with Crippen molar-refractivity contribution in [1.82, 2.24) is 19.5 Å². The molecule has 0 saturated carbocycles.